The van der Waals surface area contributed by atoms with E-state index in [1.54, 1.807) is 0 Å². The summed E-state index contributed by atoms with van der Waals surface area (Å²) >= 11 is 3.45. The Morgan fingerprint density at radius 2 is 1.79 bits per heavy atom. The first-order valence-corrected chi connectivity index (χ1v) is 7.45. The molecule has 2 rings (SSSR count). The maximum atomic E-state index is 4.47. The lowest BCUT2D eigenvalue weighted by Crippen LogP contribution is -2.02. The standard InChI is InChI=1S/C16H19BrN2/c1-4-12-7-6-8-13(5-2)15(12)19-16-11(3)9-14(17)10-18-16/h6-10H,4-5H2,1-3H3,(H,18,19). The van der Waals surface area contributed by atoms with Crippen LogP contribution < -0.4 is 5.32 Å². The average molecular weight is 319 g/mol. The third-order valence-electron chi connectivity index (χ3n) is 3.29. The van der Waals surface area contributed by atoms with E-state index in [9.17, 15) is 0 Å². The first kappa shape index (κ1) is 14.1. The summed E-state index contributed by atoms with van der Waals surface area (Å²) < 4.78 is 1.01. The van der Waals surface area contributed by atoms with Gasteiger partial charge in [0.2, 0.25) is 0 Å². The summed E-state index contributed by atoms with van der Waals surface area (Å²) in [5.41, 5.74) is 5.03. The average Bonchev–Trinajstić information content (AvgIpc) is 2.42. The number of rotatable bonds is 4. The SMILES string of the molecule is CCc1cccc(CC)c1Nc1ncc(Br)cc1C. The van der Waals surface area contributed by atoms with E-state index in [4.69, 9.17) is 0 Å². The van der Waals surface area contributed by atoms with Gasteiger partial charge in [-0.05, 0) is 58.5 Å². The largest absolute Gasteiger partial charge is 0.340 e. The number of para-hydroxylation sites is 1. The number of anilines is 2. The van der Waals surface area contributed by atoms with Crippen LogP contribution in [0.25, 0.3) is 0 Å². The van der Waals surface area contributed by atoms with Gasteiger partial charge < -0.3 is 5.32 Å². The Morgan fingerprint density at radius 1 is 1.16 bits per heavy atom. The fourth-order valence-corrected chi connectivity index (χ4v) is 2.64. The van der Waals surface area contributed by atoms with Crippen LogP contribution in [0.2, 0.25) is 0 Å². The highest BCUT2D eigenvalue weighted by molar-refractivity contribution is 9.10. The number of aryl methyl sites for hydroxylation is 3. The fourth-order valence-electron chi connectivity index (χ4n) is 2.19. The van der Waals surface area contributed by atoms with Gasteiger partial charge in [-0.3, -0.25) is 0 Å². The molecule has 0 aliphatic rings. The number of benzene rings is 1. The Balaban J connectivity index is 2.42. The molecule has 1 aromatic heterocycles. The van der Waals surface area contributed by atoms with Crippen LogP contribution in [0.1, 0.15) is 30.5 Å². The van der Waals surface area contributed by atoms with E-state index in [1.165, 1.54) is 16.8 Å². The van der Waals surface area contributed by atoms with Crippen molar-refractivity contribution in [2.45, 2.75) is 33.6 Å². The van der Waals surface area contributed by atoms with Crippen LogP contribution >= 0.6 is 15.9 Å². The zero-order valence-electron chi connectivity index (χ0n) is 11.6. The van der Waals surface area contributed by atoms with E-state index in [2.05, 4.69) is 71.3 Å². The highest BCUT2D eigenvalue weighted by Crippen LogP contribution is 2.27. The molecule has 0 amide bonds. The molecular weight excluding hydrogens is 300 g/mol. The number of hydrogen-bond acceptors (Lipinski definition) is 2. The van der Waals surface area contributed by atoms with Crippen molar-refractivity contribution in [3.8, 4) is 0 Å². The number of pyridine rings is 1. The van der Waals surface area contributed by atoms with Gasteiger partial charge in [-0.15, -0.1) is 0 Å². The number of halogens is 1. The van der Waals surface area contributed by atoms with Gasteiger partial charge in [0.15, 0.2) is 0 Å². The summed E-state index contributed by atoms with van der Waals surface area (Å²) in [5.74, 6) is 0.929. The number of nitrogens with zero attached hydrogens (tertiary/aromatic N) is 1. The van der Waals surface area contributed by atoms with Crippen LogP contribution in [0.5, 0.6) is 0 Å². The lowest BCUT2D eigenvalue weighted by molar-refractivity contribution is 1.08. The molecule has 19 heavy (non-hydrogen) atoms. The molecule has 1 N–H and O–H groups in total. The molecule has 1 heterocycles. The monoisotopic (exact) mass is 318 g/mol. The predicted octanol–water partition coefficient (Wildman–Crippen LogP) is 5.02. The molecule has 0 aliphatic carbocycles. The molecule has 2 nitrogen and oxygen atoms in total. The Bertz CT molecular complexity index is 557. The molecule has 3 heteroatoms. The second kappa shape index (κ2) is 6.20. The highest BCUT2D eigenvalue weighted by atomic mass is 79.9. The van der Waals surface area contributed by atoms with E-state index in [0.29, 0.717) is 0 Å². The first-order valence-electron chi connectivity index (χ1n) is 6.65. The van der Waals surface area contributed by atoms with Crippen LogP contribution in [-0.2, 0) is 12.8 Å². The van der Waals surface area contributed by atoms with Crippen molar-refractivity contribution < 1.29 is 0 Å². The van der Waals surface area contributed by atoms with Gasteiger partial charge in [-0.25, -0.2) is 4.98 Å². The second-order valence-electron chi connectivity index (χ2n) is 4.60. The number of nitrogens with one attached hydrogen (secondary N) is 1. The van der Waals surface area contributed by atoms with E-state index in [1.807, 2.05) is 6.20 Å². The Labute approximate surface area is 123 Å². The molecule has 0 saturated carbocycles. The van der Waals surface area contributed by atoms with Crippen molar-refractivity contribution in [1.29, 1.82) is 0 Å². The summed E-state index contributed by atoms with van der Waals surface area (Å²) in [7, 11) is 0. The second-order valence-corrected chi connectivity index (χ2v) is 5.52. The normalized spacial score (nSPS) is 10.5. The molecule has 1 aromatic carbocycles. The van der Waals surface area contributed by atoms with Gasteiger partial charge in [-0.2, -0.15) is 0 Å². The summed E-state index contributed by atoms with van der Waals surface area (Å²) in [6.07, 6.45) is 3.87. The van der Waals surface area contributed by atoms with Crippen molar-refractivity contribution >= 4 is 27.4 Å². The van der Waals surface area contributed by atoms with Crippen molar-refractivity contribution in [2.75, 3.05) is 5.32 Å². The lowest BCUT2D eigenvalue weighted by atomic mass is 10.0. The summed E-state index contributed by atoms with van der Waals surface area (Å²) in [6.45, 7) is 6.43. The molecule has 0 unspecified atom stereocenters. The van der Waals surface area contributed by atoms with Crippen molar-refractivity contribution in [3.05, 3.63) is 51.6 Å². The summed E-state index contributed by atoms with van der Waals surface area (Å²) in [5, 5.41) is 3.51. The van der Waals surface area contributed by atoms with Crippen LogP contribution in [0.4, 0.5) is 11.5 Å². The molecule has 0 aliphatic heterocycles. The van der Waals surface area contributed by atoms with Crippen LogP contribution in [0.3, 0.4) is 0 Å². The Kier molecular flexibility index (Phi) is 4.59. The van der Waals surface area contributed by atoms with Crippen LogP contribution in [0, 0.1) is 6.92 Å². The molecule has 0 fully saturated rings. The molecule has 0 bridgehead atoms. The van der Waals surface area contributed by atoms with Gasteiger partial charge in [0.1, 0.15) is 5.82 Å². The van der Waals surface area contributed by atoms with E-state index >= 15 is 0 Å². The van der Waals surface area contributed by atoms with E-state index in [-0.39, 0.29) is 0 Å². The fraction of sp³-hybridized carbons (Fsp3) is 0.312. The molecule has 0 atom stereocenters. The minimum absolute atomic E-state index is 0.929. The third-order valence-corrected chi connectivity index (χ3v) is 3.72. The zero-order valence-corrected chi connectivity index (χ0v) is 13.2. The van der Waals surface area contributed by atoms with E-state index < -0.39 is 0 Å². The lowest BCUT2D eigenvalue weighted by Gasteiger charge is -2.16. The Hall–Kier alpha value is -1.35. The van der Waals surface area contributed by atoms with Gasteiger partial charge in [0.25, 0.3) is 0 Å². The minimum Gasteiger partial charge on any atom is -0.340 e. The molecule has 0 radical (unpaired) electrons. The van der Waals surface area contributed by atoms with Crippen LogP contribution in [-0.4, -0.2) is 4.98 Å². The van der Waals surface area contributed by atoms with Crippen molar-refractivity contribution in [1.82, 2.24) is 4.98 Å². The van der Waals surface area contributed by atoms with Gasteiger partial charge >= 0.3 is 0 Å². The number of aromatic nitrogens is 1. The summed E-state index contributed by atoms with van der Waals surface area (Å²) in [4.78, 5) is 4.47. The Morgan fingerprint density at radius 3 is 2.32 bits per heavy atom. The quantitative estimate of drug-likeness (QED) is 0.856. The first-order chi connectivity index (χ1) is 9.15. The topological polar surface area (TPSA) is 24.9 Å². The molecule has 100 valence electrons. The van der Waals surface area contributed by atoms with Crippen molar-refractivity contribution in [3.63, 3.8) is 0 Å². The van der Waals surface area contributed by atoms with Crippen molar-refractivity contribution in [2.24, 2.45) is 0 Å². The molecule has 0 saturated heterocycles. The molecule has 2 aromatic rings. The zero-order chi connectivity index (χ0) is 13.8. The third kappa shape index (κ3) is 3.16. The smallest absolute Gasteiger partial charge is 0.133 e. The van der Waals surface area contributed by atoms with Gasteiger partial charge in [0.05, 0.1) is 0 Å². The van der Waals surface area contributed by atoms with Crippen LogP contribution in [0.15, 0.2) is 34.9 Å². The molecular formula is C16H19BrN2. The molecule has 0 spiro atoms. The van der Waals surface area contributed by atoms with E-state index in [0.717, 1.165) is 28.7 Å². The minimum atomic E-state index is 0.929. The maximum absolute atomic E-state index is 4.47. The highest BCUT2D eigenvalue weighted by Gasteiger charge is 2.08. The summed E-state index contributed by atoms with van der Waals surface area (Å²) in [6, 6.07) is 8.56. The maximum Gasteiger partial charge on any atom is 0.133 e. The number of hydrogen-bond donors (Lipinski definition) is 1. The predicted molar refractivity (Wildman–Crippen MR) is 85.2 cm³/mol. The van der Waals surface area contributed by atoms with Gasteiger partial charge in [0, 0.05) is 16.4 Å². The van der Waals surface area contributed by atoms with Gasteiger partial charge in [-0.1, -0.05) is 32.0 Å².